The van der Waals surface area contributed by atoms with E-state index in [4.69, 9.17) is 0 Å². The van der Waals surface area contributed by atoms with Crippen molar-refractivity contribution in [2.75, 3.05) is 6.54 Å². The highest BCUT2D eigenvalue weighted by Gasteiger charge is 2.33. The van der Waals surface area contributed by atoms with Gasteiger partial charge in [0.25, 0.3) is 0 Å². The predicted molar refractivity (Wildman–Crippen MR) is 75.0 cm³/mol. The van der Waals surface area contributed by atoms with E-state index in [1.807, 2.05) is 10.8 Å². The molecule has 0 radical (unpaired) electrons. The van der Waals surface area contributed by atoms with Crippen LogP contribution in [0.15, 0.2) is 18.5 Å². The van der Waals surface area contributed by atoms with Crippen LogP contribution in [-0.4, -0.2) is 22.2 Å². The molecule has 19 heavy (non-hydrogen) atoms. The number of hydrogen-bond donors (Lipinski definition) is 2. The standard InChI is InChI=1S/C15H24N2O2/c1-4-16-13(11-5-6-11)12-7-8-17(9-12)10-15(2,3)14(18)19/h7-9,11,13,16H,4-6,10H2,1-3H3,(H,18,19). The Balaban J connectivity index is 2.07. The summed E-state index contributed by atoms with van der Waals surface area (Å²) in [4.78, 5) is 11.2. The summed E-state index contributed by atoms with van der Waals surface area (Å²) >= 11 is 0. The van der Waals surface area contributed by atoms with Crippen LogP contribution in [0.5, 0.6) is 0 Å². The third kappa shape index (κ3) is 3.38. The van der Waals surface area contributed by atoms with Crippen molar-refractivity contribution in [2.45, 2.75) is 46.2 Å². The Kier molecular flexibility index (Phi) is 3.99. The average molecular weight is 264 g/mol. The highest BCUT2D eigenvalue weighted by molar-refractivity contribution is 5.73. The molecule has 1 aromatic heterocycles. The maximum Gasteiger partial charge on any atom is 0.310 e. The number of nitrogens with one attached hydrogen (secondary N) is 1. The number of hydrogen-bond acceptors (Lipinski definition) is 2. The molecule has 0 amide bonds. The lowest BCUT2D eigenvalue weighted by atomic mass is 9.94. The van der Waals surface area contributed by atoms with Crippen molar-refractivity contribution in [2.24, 2.45) is 11.3 Å². The summed E-state index contributed by atoms with van der Waals surface area (Å²) in [5.74, 6) is -0.00328. The van der Waals surface area contributed by atoms with E-state index in [2.05, 4.69) is 24.5 Å². The van der Waals surface area contributed by atoms with Crippen LogP contribution in [0, 0.1) is 11.3 Å². The molecule has 1 aliphatic rings. The Morgan fingerprint density at radius 2 is 2.26 bits per heavy atom. The minimum absolute atomic E-state index is 0.430. The molecule has 0 aliphatic heterocycles. The van der Waals surface area contributed by atoms with Gasteiger partial charge in [0.15, 0.2) is 0 Å². The maximum absolute atomic E-state index is 11.2. The van der Waals surface area contributed by atoms with E-state index in [-0.39, 0.29) is 0 Å². The van der Waals surface area contributed by atoms with Crippen molar-refractivity contribution in [3.05, 3.63) is 24.0 Å². The van der Waals surface area contributed by atoms with Crippen LogP contribution in [0.2, 0.25) is 0 Å². The fourth-order valence-corrected chi connectivity index (χ4v) is 2.47. The molecular weight excluding hydrogens is 240 g/mol. The Hall–Kier alpha value is -1.29. The highest BCUT2D eigenvalue weighted by atomic mass is 16.4. The quantitative estimate of drug-likeness (QED) is 0.796. The largest absolute Gasteiger partial charge is 0.481 e. The fraction of sp³-hybridized carbons (Fsp3) is 0.667. The van der Waals surface area contributed by atoms with Crippen LogP contribution in [0.1, 0.15) is 45.2 Å². The Morgan fingerprint density at radius 3 is 2.79 bits per heavy atom. The van der Waals surface area contributed by atoms with Gasteiger partial charge >= 0.3 is 5.97 Å². The molecule has 106 valence electrons. The first kappa shape index (κ1) is 14.1. The van der Waals surface area contributed by atoms with Gasteiger partial charge in [0.1, 0.15) is 0 Å². The second-order valence-corrected chi connectivity index (χ2v) is 6.18. The third-order valence-corrected chi connectivity index (χ3v) is 3.81. The van der Waals surface area contributed by atoms with Crippen molar-refractivity contribution in [3.63, 3.8) is 0 Å². The van der Waals surface area contributed by atoms with Gasteiger partial charge in [-0.2, -0.15) is 0 Å². The van der Waals surface area contributed by atoms with Crippen molar-refractivity contribution in [1.29, 1.82) is 0 Å². The van der Waals surface area contributed by atoms with E-state index in [0.717, 1.165) is 12.5 Å². The lowest BCUT2D eigenvalue weighted by Crippen LogP contribution is -2.28. The van der Waals surface area contributed by atoms with Crippen molar-refractivity contribution < 1.29 is 9.90 Å². The molecule has 2 N–H and O–H groups in total. The number of nitrogens with zero attached hydrogens (tertiary/aromatic N) is 1. The Morgan fingerprint density at radius 1 is 1.58 bits per heavy atom. The Bertz CT molecular complexity index is 447. The number of aliphatic carboxylic acids is 1. The molecule has 1 aliphatic carbocycles. The molecule has 1 aromatic rings. The minimum atomic E-state index is -0.756. The van der Waals surface area contributed by atoms with Gasteiger partial charge in [-0.25, -0.2) is 0 Å². The summed E-state index contributed by atoms with van der Waals surface area (Å²) in [5.41, 5.74) is 0.550. The molecule has 1 atom stereocenters. The maximum atomic E-state index is 11.2. The average Bonchev–Trinajstić information content (AvgIpc) is 3.07. The first-order chi connectivity index (χ1) is 8.94. The predicted octanol–water partition coefficient (Wildman–Crippen LogP) is 2.66. The van der Waals surface area contributed by atoms with Crippen LogP contribution in [0.3, 0.4) is 0 Å². The molecule has 4 heteroatoms. The molecule has 1 heterocycles. The number of carboxylic acid groups (broad SMARTS) is 1. The summed E-state index contributed by atoms with van der Waals surface area (Å²) in [6.45, 7) is 7.12. The summed E-state index contributed by atoms with van der Waals surface area (Å²) in [7, 11) is 0. The first-order valence-electron chi connectivity index (χ1n) is 7.06. The fourth-order valence-electron chi connectivity index (χ4n) is 2.47. The Labute approximate surface area is 114 Å². The van der Waals surface area contributed by atoms with E-state index in [1.165, 1.54) is 18.4 Å². The third-order valence-electron chi connectivity index (χ3n) is 3.81. The van der Waals surface area contributed by atoms with Gasteiger partial charge in [0.05, 0.1) is 5.41 Å². The first-order valence-corrected chi connectivity index (χ1v) is 7.06. The van der Waals surface area contributed by atoms with Crippen LogP contribution in [-0.2, 0) is 11.3 Å². The topological polar surface area (TPSA) is 54.3 Å². The van der Waals surface area contributed by atoms with Crippen molar-refractivity contribution >= 4 is 5.97 Å². The molecule has 0 saturated heterocycles. The molecule has 1 unspecified atom stereocenters. The van der Waals surface area contributed by atoms with Gasteiger partial charge in [-0.05, 0) is 50.8 Å². The zero-order valence-electron chi connectivity index (χ0n) is 12.0. The van der Waals surface area contributed by atoms with Crippen LogP contribution in [0.4, 0.5) is 0 Å². The number of aromatic nitrogens is 1. The van der Waals surface area contributed by atoms with Crippen molar-refractivity contribution in [3.8, 4) is 0 Å². The molecule has 1 saturated carbocycles. The molecular formula is C15H24N2O2. The lowest BCUT2D eigenvalue weighted by Gasteiger charge is -2.20. The monoisotopic (exact) mass is 264 g/mol. The van der Waals surface area contributed by atoms with Crippen LogP contribution >= 0.6 is 0 Å². The van der Waals surface area contributed by atoms with E-state index in [0.29, 0.717) is 12.6 Å². The second kappa shape index (κ2) is 5.37. The summed E-state index contributed by atoms with van der Waals surface area (Å²) in [6.07, 6.45) is 6.68. The van der Waals surface area contributed by atoms with Gasteiger partial charge in [0, 0.05) is 25.0 Å². The second-order valence-electron chi connectivity index (χ2n) is 6.18. The molecule has 0 bridgehead atoms. The summed E-state index contributed by atoms with van der Waals surface area (Å²) in [6, 6.07) is 2.54. The van der Waals surface area contributed by atoms with Gasteiger partial charge in [-0.15, -0.1) is 0 Å². The lowest BCUT2D eigenvalue weighted by molar-refractivity contribution is -0.147. The van der Waals surface area contributed by atoms with Gasteiger partial charge < -0.3 is 15.0 Å². The molecule has 0 spiro atoms. The SMILES string of the molecule is CCNC(c1ccn(CC(C)(C)C(=O)O)c1)C1CC1. The van der Waals surface area contributed by atoms with Gasteiger partial charge in [-0.3, -0.25) is 4.79 Å². The van der Waals surface area contributed by atoms with E-state index >= 15 is 0 Å². The van der Waals surface area contributed by atoms with E-state index in [1.54, 1.807) is 13.8 Å². The summed E-state index contributed by atoms with van der Waals surface area (Å²) < 4.78 is 2.00. The summed E-state index contributed by atoms with van der Waals surface area (Å²) in [5, 5.41) is 12.7. The van der Waals surface area contributed by atoms with Gasteiger partial charge in [0.2, 0.25) is 0 Å². The van der Waals surface area contributed by atoms with Crippen molar-refractivity contribution in [1.82, 2.24) is 9.88 Å². The van der Waals surface area contributed by atoms with E-state index in [9.17, 15) is 9.90 Å². The molecule has 2 rings (SSSR count). The van der Waals surface area contributed by atoms with Gasteiger partial charge in [-0.1, -0.05) is 6.92 Å². The van der Waals surface area contributed by atoms with Crippen LogP contribution in [0.25, 0.3) is 0 Å². The normalized spacial score (nSPS) is 17.4. The van der Waals surface area contributed by atoms with E-state index < -0.39 is 11.4 Å². The highest BCUT2D eigenvalue weighted by Crippen LogP contribution is 2.41. The number of rotatable bonds is 7. The number of carboxylic acids is 1. The smallest absolute Gasteiger partial charge is 0.310 e. The minimum Gasteiger partial charge on any atom is -0.481 e. The van der Waals surface area contributed by atoms with Crippen LogP contribution < -0.4 is 5.32 Å². The number of carbonyl (C=O) groups is 1. The molecule has 0 aromatic carbocycles. The molecule has 4 nitrogen and oxygen atoms in total. The zero-order chi connectivity index (χ0) is 14.0. The molecule has 1 fully saturated rings. The zero-order valence-corrected chi connectivity index (χ0v) is 12.0.